The van der Waals surface area contributed by atoms with Crippen molar-refractivity contribution in [2.24, 2.45) is 0 Å². The molecule has 0 bridgehead atoms. The molecule has 0 spiro atoms. The summed E-state index contributed by atoms with van der Waals surface area (Å²) in [4.78, 5) is 16.9. The molecular formula is C16H18N4O2S. The quantitative estimate of drug-likeness (QED) is 0.701. The molecule has 1 N–H and O–H groups in total. The van der Waals surface area contributed by atoms with Crippen molar-refractivity contribution in [2.75, 3.05) is 11.1 Å². The molecule has 0 saturated carbocycles. The van der Waals surface area contributed by atoms with E-state index in [0.717, 1.165) is 28.4 Å². The number of imidazole rings is 1. The summed E-state index contributed by atoms with van der Waals surface area (Å²) in [6.07, 6.45) is 1.05. The molecule has 1 amide bonds. The van der Waals surface area contributed by atoms with Gasteiger partial charge in [-0.25, -0.2) is 4.98 Å². The zero-order chi connectivity index (χ0) is 16.2. The van der Waals surface area contributed by atoms with Crippen LogP contribution >= 0.6 is 11.8 Å². The fourth-order valence-electron chi connectivity index (χ4n) is 2.26. The Balaban J connectivity index is 1.83. The van der Waals surface area contributed by atoms with E-state index in [1.165, 1.54) is 0 Å². The lowest BCUT2D eigenvalue weighted by Crippen LogP contribution is -2.19. The summed E-state index contributed by atoms with van der Waals surface area (Å²) >= 11 is 1.66. The van der Waals surface area contributed by atoms with Crippen molar-refractivity contribution in [1.82, 2.24) is 14.7 Å². The van der Waals surface area contributed by atoms with Gasteiger partial charge in [0, 0.05) is 11.8 Å². The van der Waals surface area contributed by atoms with Gasteiger partial charge >= 0.3 is 0 Å². The summed E-state index contributed by atoms with van der Waals surface area (Å²) in [6, 6.07) is 9.53. The van der Waals surface area contributed by atoms with Gasteiger partial charge in [-0.15, -0.1) is 0 Å². The molecule has 1 aromatic carbocycles. The third-order valence-corrected chi connectivity index (χ3v) is 4.43. The molecule has 2 aromatic heterocycles. The Kier molecular flexibility index (Phi) is 4.66. The minimum absolute atomic E-state index is 0.153. The molecule has 2 heterocycles. The highest BCUT2D eigenvalue weighted by atomic mass is 32.2. The van der Waals surface area contributed by atoms with Crippen LogP contribution in [0.2, 0.25) is 0 Å². The second-order valence-electron chi connectivity index (χ2n) is 5.19. The van der Waals surface area contributed by atoms with Crippen molar-refractivity contribution in [1.29, 1.82) is 0 Å². The Hall–Kier alpha value is -2.28. The predicted molar refractivity (Wildman–Crippen MR) is 90.6 cm³/mol. The zero-order valence-electron chi connectivity index (χ0n) is 13.1. The third kappa shape index (κ3) is 3.56. The maximum Gasteiger partial charge on any atom is 0.245 e. The number of hydrogen-bond acceptors (Lipinski definition) is 5. The molecular weight excluding hydrogens is 312 g/mol. The van der Waals surface area contributed by atoms with Crippen molar-refractivity contribution < 1.29 is 9.32 Å². The van der Waals surface area contributed by atoms with E-state index in [9.17, 15) is 4.79 Å². The van der Waals surface area contributed by atoms with Gasteiger partial charge in [-0.1, -0.05) is 36.0 Å². The van der Waals surface area contributed by atoms with Crippen molar-refractivity contribution in [3.05, 3.63) is 36.1 Å². The topological polar surface area (TPSA) is 73.0 Å². The first-order chi connectivity index (χ1) is 11.2. The van der Waals surface area contributed by atoms with E-state index in [1.54, 1.807) is 24.8 Å². The van der Waals surface area contributed by atoms with Crippen LogP contribution in [0, 0.1) is 6.92 Å². The molecule has 0 radical (unpaired) electrons. The number of hydrogen-bond donors (Lipinski definition) is 1. The number of rotatable bonds is 6. The lowest BCUT2D eigenvalue weighted by atomic mass is 10.3. The standard InChI is InChI=1S/C16H18N4O2S/c1-3-8-23-16-17-12-6-4-5-7-13(12)20(16)10-15(21)18-14-9-11(2)22-19-14/h4-7,9H,3,8,10H2,1-2H3,(H,18,19,21). The predicted octanol–water partition coefficient (Wildman–Crippen LogP) is 3.47. The van der Waals surface area contributed by atoms with Crippen molar-refractivity contribution in [3.63, 3.8) is 0 Å². The fraction of sp³-hybridized carbons (Fsp3) is 0.312. The maximum atomic E-state index is 12.3. The van der Waals surface area contributed by atoms with E-state index in [1.807, 2.05) is 28.8 Å². The SMILES string of the molecule is CCCSc1nc2ccccc2n1CC(=O)Nc1cc(C)on1. The van der Waals surface area contributed by atoms with Crippen molar-refractivity contribution >= 4 is 34.5 Å². The number of anilines is 1. The van der Waals surface area contributed by atoms with Crippen LogP contribution in [0.25, 0.3) is 11.0 Å². The number of thioether (sulfide) groups is 1. The van der Waals surface area contributed by atoms with Gasteiger partial charge in [0.1, 0.15) is 12.3 Å². The number of fused-ring (bicyclic) bond motifs is 1. The lowest BCUT2D eigenvalue weighted by Gasteiger charge is -2.08. The summed E-state index contributed by atoms with van der Waals surface area (Å²) in [7, 11) is 0. The first-order valence-electron chi connectivity index (χ1n) is 7.48. The number of aryl methyl sites for hydroxylation is 1. The molecule has 0 aliphatic carbocycles. The molecule has 0 aliphatic rings. The number of nitrogens with zero attached hydrogens (tertiary/aromatic N) is 3. The van der Waals surface area contributed by atoms with E-state index in [4.69, 9.17) is 4.52 Å². The monoisotopic (exact) mass is 330 g/mol. The Bertz CT molecular complexity index is 824. The maximum absolute atomic E-state index is 12.3. The zero-order valence-corrected chi connectivity index (χ0v) is 13.9. The highest BCUT2D eigenvalue weighted by Gasteiger charge is 2.14. The highest BCUT2D eigenvalue weighted by molar-refractivity contribution is 7.99. The average molecular weight is 330 g/mol. The van der Waals surface area contributed by atoms with Crippen LogP contribution in [0.1, 0.15) is 19.1 Å². The van der Waals surface area contributed by atoms with Gasteiger partial charge in [0.15, 0.2) is 11.0 Å². The van der Waals surface area contributed by atoms with Gasteiger partial charge < -0.3 is 14.4 Å². The van der Waals surface area contributed by atoms with Crippen molar-refractivity contribution in [2.45, 2.75) is 32.0 Å². The first kappa shape index (κ1) is 15.6. The van der Waals surface area contributed by atoms with Gasteiger partial charge in [-0.05, 0) is 25.5 Å². The smallest absolute Gasteiger partial charge is 0.245 e. The average Bonchev–Trinajstić information content (AvgIpc) is 3.09. The van der Waals surface area contributed by atoms with Crippen LogP contribution in [0.15, 0.2) is 40.0 Å². The Morgan fingerprint density at radius 1 is 1.39 bits per heavy atom. The van der Waals surface area contributed by atoms with Crippen molar-refractivity contribution in [3.8, 4) is 0 Å². The third-order valence-electron chi connectivity index (χ3n) is 3.25. The number of carbonyl (C=O) groups excluding carboxylic acids is 1. The summed E-state index contributed by atoms with van der Waals surface area (Å²) in [5, 5.41) is 7.39. The van der Waals surface area contributed by atoms with Crippen LogP contribution in [0.3, 0.4) is 0 Å². The Morgan fingerprint density at radius 3 is 2.96 bits per heavy atom. The highest BCUT2D eigenvalue weighted by Crippen LogP contribution is 2.24. The summed E-state index contributed by atoms with van der Waals surface area (Å²) in [5.74, 6) is 1.90. The van der Waals surface area contributed by atoms with E-state index < -0.39 is 0 Å². The number of para-hydroxylation sites is 2. The summed E-state index contributed by atoms with van der Waals surface area (Å²) in [6.45, 7) is 4.10. The van der Waals surface area contributed by atoms with Crippen LogP contribution in [-0.2, 0) is 11.3 Å². The molecule has 120 valence electrons. The minimum atomic E-state index is -0.153. The number of aromatic nitrogens is 3. The van der Waals surface area contributed by atoms with Gasteiger partial charge in [0.2, 0.25) is 5.91 Å². The molecule has 0 atom stereocenters. The number of benzene rings is 1. The van der Waals surface area contributed by atoms with Crippen LogP contribution in [0.5, 0.6) is 0 Å². The Morgan fingerprint density at radius 2 is 2.22 bits per heavy atom. The second kappa shape index (κ2) is 6.87. The van der Waals surface area contributed by atoms with E-state index in [0.29, 0.717) is 11.6 Å². The van der Waals surface area contributed by atoms with Gasteiger partial charge in [-0.2, -0.15) is 0 Å². The lowest BCUT2D eigenvalue weighted by molar-refractivity contribution is -0.116. The second-order valence-corrected chi connectivity index (χ2v) is 6.25. The largest absolute Gasteiger partial charge is 0.360 e. The molecule has 6 nitrogen and oxygen atoms in total. The molecule has 3 aromatic rings. The summed E-state index contributed by atoms with van der Waals surface area (Å²) in [5.41, 5.74) is 1.86. The molecule has 3 rings (SSSR count). The molecule has 7 heteroatoms. The molecule has 0 aliphatic heterocycles. The van der Waals surface area contributed by atoms with Gasteiger partial charge in [0.25, 0.3) is 0 Å². The number of amides is 1. The molecule has 0 saturated heterocycles. The van der Waals surface area contributed by atoms with E-state index >= 15 is 0 Å². The molecule has 0 unspecified atom stereocenters. The number of carbonyl (C=O) groups is 1. The van der Waals surface area contributed by atoms with E-state index in [-0.39, 0.29) is 12.5 Å². The minimum Gasteiger partial charge on any atom is -0.360 e. The molecule has 0 fully saturated rings. The van der Waals surface area contributed by atoms with Gasteiger partial charge in [-0.3, -0.25) is 4.79 Å². The Labute approximate surface area is 138 Å². The normalized spacial score (nSPS) is 11.0. The van der Waals surface area contributed by atoms with Crippen LogP contribution in [0.4, 0.5) is 5.82 Å². The van der Waals surface area contributed by atoms with E-state index in [2.05, 4.69) is 22.4 Å². The first-order valence-corrected chi connectivity index (χ1v) is 8.47. The van der Waals surface area contributed by atoms with Crippen LogP contribution in [-0.4, -0.2) is 26.4 Å². The fourth-order valence-corrected chi connectivity index (χ4v) is 3.13. The summed E-state index contributed by atoms with van der Waals surface area (Å²) < 4.78 is 6.90. The van der Waals surface area contributed by atoms with Crippen LogP contribution < -0.4 is 5.32 Å². The molecule has 23 heavy (non-hydrogen) atoms. The van der Waals surface area contributed by atoms with Gasteiger partial charge in [0.05, 0.1) is 11.0 Å². The number of nitrogens with one attached hydrogen (secondary N) is 1.